The Labute approximate surface area is 164 Å². The standard InChI is InChI=1S/C24H20N4/c1-18-12-14-21(15-13-18)23-16-22(20-10-6-3-7-11-20)26-24(27-23)28-25-17-19-8-4-2-5-9-19/h2-17H,1H3,(H,26,27,28)/b25-17+. The monoisotopic (exact) mass is 364 g/mol. The number of nitrogens with zero attached hydrogens (tertiary/aromatic N) is 3. The molecule has 4 nitrogen and oxygen atoms in total. The first-order chi connectivity index (χ1) is 13.8. The molecular formula is C24H20N4. The summed E-state index contributed by atoms with van der Waals surface area (Å²) in [6, 6.07) is 30.3. The molecule has 0 saturated heterocycles. The maximum absolute atomic E-state index is 4.65. The largest absolute Gasteiger partial charge is 0.245 e. The number of rotatable bonds is 5. The molecule has 0 saturated carbocycles. The second-order valence-electron chi connectivity index (χ2n) is 6.47. The smallest absolute Gasteiger partial charge is 0.244 e. The Kier molecular flexibility index (Phi) is 5.20. The number of aryl methyl sites for hydroxylation is 1. The van der Waals surface area contributed by atoms with Crippen molar-refractivity contribution in [2.24, 2.45) is 5.10 Å². The molecule has 1 N–H and O–H groups in total. The van der Waals surface area contributed by atoms with Crippen molar-refractivity contribution < 1.29 is 0 Å². The van der Waals surface area contributed by atoms with Gasteiger partial charge in [0.05, 0.1) is 17.6 Å². The highest BCUT2D eigenvalue weighted by molar-refractivity contribution is 5.80. The van der Waals surface area contributed by atoms with Gasteiger partial charge in [-0.1, -0.05) is 90.5 Å². The molecule has 28 heavy (non-hydrogen) atoms. The molecule has 1 heterocycles. The van der Waals surface area contributed by atoms with Crippen LogP contribution in [0.25, 0.3) is 22.5 Å². The first-order valence-corrected chi connectivity index (χ1v) is 9.13. The van der Waals surface area contributed by atoms with Gasteiger partial charge in [0.25, 0.3) is 0 Å². The summed E-state index contributed by atoms with van der Waals surface area (Å²) in [6.07, 6.45) is 1.75. The van der Waals surface area contributed by atoms with Gasteiger partial charge in [-0.3, -0.25) is 0 Å². The van der Waals surface area contributed by atoms with Crippen LogP contribution in [0.4, 0.5) is 5.95 Å². The third-order valence-corrected chi connectivity index (χ3v) is 4.32. The van der Waals surface area contributed by atoms with Gasteiger partial charge in [0.15, 0.2) is 0 Å². The maximum atomic E-state index is 4.65. The summed E-state index contributed by atoms with van der Waals surface area (Å²) < 4.78 is 0. The van der Waals surface area contributed by atoms with Crippen LogP contribution < -0.4 is 5.43 Å². The van der Waals surface area contributed by atoms with Gasteiger partial charge in [-0.25, -0.2) is 15.4 Å². The van der Waals surface area contributed by atoms with Crippen molar-refractivity contribution in [1.29, 1.82) is 0 Å². The molecule has 0 radical (unpaired) electrons. The van der Waals surface area contributed by atoms with E-state index in [1.54, 1.807) is 6.21 Å². The van der Waals surface area contributed by atoms with Crippen LogP contribution >= 0.6 is 0 Å². The molecule has 0 amide bonds. The zero-order valence-corrected chi connectivity index (χ0v) is 15.6. The topological polar surface area (TPSA) is 50.2 Å². The molecule has 0 bridgehead atoms. The molecule has 136 valence electrons. The van der Waals surface area contributed by atoms with E-state index in [-0.39, 0.29) is 0 Å². The molecule has 1 aromatic heterocycles. The molecule has 0 atom stereocenters. The highest BCUT2D eigenvalue weighted by Crippen LogP contribution is 2.25. The molecule has 0 fully saturated rings. The zero-order valence-electron chi connectivity index (χ0n) is 15.6. The molecule has 0 aliphatic heterocycles. The molecule has 0 unspecified atom stereocenters. The van der Waals surface area contributed by atoms with Gasteiger partial charge in [0, 0.05) is 11.1 Å². The summed E-state index contributed by atoms with van der Waals surface area (Å²) in [4.78, 5) is 9.30. The molecule has 0 aliphatic carbocycles. The summed E-state index contributed by atoms with van der Waals surface area (Å²) in [5.74, 6) is 0.462. The lowest BCUT2D eigenvalue weighted by atomic mass is 10.1. The Balaban J connectivity index is 1.69. The van der Waals surface area contributed by atoms with E-state index in [9.17, 15) is 0 Å². The van der Waals surface area contributed by atoms with Gasteiger partial charge in [-0.15, -0.1) is 0 Å². The van der Waals surface area contributed by atoms with E-state index < -0.39 is 0 Å². The normalized spacial score (nSPS) is 10.9. The third kappa shape index (κ3) is 4.30. The molecule has 0 spiro atoms. The predicted molar refractivity (Wildman–Crippen MR) is 115 cm³/mol. The number of hydrogen-bond donors (Lipinski definition) is 1. The third-order valence-electron chi connectivity index (χ3n) is 4.32. The van der Waals surface area contributed by atoms with Gasteiger partial charge in [0.1, 0.15) is 0 Å². The van der Waals surface area contributed by atoms with Gasteiger partial charge >= 0.3 is 0 Å². The van der Waals surface area contributed by atoms with Gasteiger partial charge in [-0.05, 0) is 18.6 Å². The van der Waals surface area contributed by atoms with Crippen LogP contribution in [0.15, 0.2) is 96.1 Å². The summed E-state index contributed by atoms with van der Waals surface area (Å²) >= 11 is 0. The van der Waals surface area contributed by atoms with E-state index in [4.69, 9.17) is 0 Å². The fourth-order valence-electron chi connectivity index (χ4n) is 2.83. The summed E-state index contributed by atoms with van der Waals surface area (Å²) in [6.45, 7) is 2.07. The first-order valence-electron chi connectivity index (χ1n) is 9.13. The SMILES string of the molecule is Cc1ccc(-c2cc(-c3ccccc3)nc(N/N=C/c3ccccc3)n2)cc1. The minimum Gasteiger partial charge on any atom is -0.245 e. The van der Waals surface area contributed by atoms with E-state index in [0.717, 1.165) is 28.1 Å². The van der Waals surface area contributed by atoms with Gasteiger partial charge < -0.3 is 0 Å². The zero-order chi connectivity index (χ0) is 19.2. The summed E-state index contributed by atoms with van der Waals surface area (Å²) in [7, 11) is 0. The number of benzene rings is 3. The number of hydrogen-bond acceptors (Lipinski definition) is 4. The Morgan fingerprint density at radius 3 is 1.93 bits per heavy atom. The summed E-state index contributed by atoms with van der Waals surface area (Å²) in [5, 5.41) is 4.30. The van der Waals surface area contributed by atoms with Crippen molar-refractivity contribution in [3.63, 3.8) is 0 Å². The van der Waals surface area contributed by atoms with Crippen LogP contribution in [0.3, 0.4) is 0 Å². The predicted octanol–water partition coefficient (Wildman–Crippen LogP) is 5.57. The van der Waals surface area contributed by atoms with Crippen LogP contribution in [0.5, 0.6) is 0 Å². The van der Waals surface area contributed by atoms with Crippen LogP contribution in [-0.2, 0) is 0 Å². The Bertz CT molecular complexity index is 1070. The summed E-state index contributed by atoms with van der Waals surface area (Å²) in [5.41, 5.74) is 8.98. The number of anilines is 1. The molecule has 4 aromatic rings. The minimum absolute atomic E-state index is 0.462. The van der Waals surface area contributed by atoms with Crippen LogP contribution in [0.1, 0.15) is 11.1 Å². The number of aromatic nitrogens is 2. The van der Waals surface area contributed by atoms with Crippen molar-refractivity contribution in [2.75, 3.05) is 5.43 Å². The van der Waals surface area contributed by atoms with Crippen molar-refractivity contribution in [1.82, 2.24) is 9.97 Å². The fraction of sp³-hybridized carbons (Fsp3) is 0.0417. The van der Waals surface area contributed by atoms with Crippen molar-refractivity contribution in [3.8, 4) is 22.5 Å². The average Bonchev–Trinajstić information content (AvgIpc) is 2.75. The first kappa shape index (κ1) is 17.6. The average molecular weight is 364 g/mol. The number of nitrogens with one attached hydrogen (secondary N) is 1. The van der Waals surface area contributed by atoms with E-state index in [2.05, 4.69) is 51.7 Å². The van der Waals surface area contributed by atoms with Crippen molar-refractivity contribution in [3.05, 3.63) is 102 Å². The van der Waals surface area contributed by atoms with E-state index in [0.29, 0.717) is 5.95 Å². The van der Waals surface area contributed by atoms with Gasteiger partial charge in [0.2, 0.25) is 5.95 Å². The lowest BCUT2D eigenvalue weighted by Gasteiger charge is -2.08. The molecule has 3 aromatic carbocycles. The molecule has 0 aliphatic rings. The Morgan fingerprint density at radius 1 is 0.714 bits per heavy atom. The lowest BCUT2D eigenvalue weighted by Crippen LogP contribution is -2.00. The maximum Gasteiger partial charge on any atom is 0.244 e. The number of hydrazone groups is 1. The fourth-order valence-corrected chi connectivity index (χ4v) is 2.83. The molecular weight excluding hydrogens is 344 g/mol. The van der Waals surface area contributed by atoms with Crippen molar-refractivity contribution in [2.45, 2.75) is 6.92 Å². The quantitative estimate of drug-likeness (QED) is 0.372. The van der Waals surface area contributed by atoms with Crippen LogP contribution in [0.2, 0.25) is 0 Å². The van der Waals surface area contributed by atoms with Crippen molar-refractivity contribution >= 4 is 12.2 Å². The van der Waals surface area contributed by atoms with Gasteiger partial charge in [-0.2, -0.15) is 5.10 Å². The van der Waals surface area contributed by atoms with E-state index in [1.165, 1.54) is 5.56 Å². The Hall–Kier alpha value is -3.79. The van der Waals surface area contributed by atoms with E-state index >= 15 is 0 Å². The molecule has 4 rings (SSSR count). The molecule has 4 heteroatoms. The lowest BCUT2D eigenvalue weighted by molar-refractivity contribution is 1.13. The highest BCUT2D eigenvalue weighted by atomic mass is 15.3. The minimum atomic E-state index is 0.462. The van der Waals surface area contributed by atoms with E-state index in [1.807, 2.05) is 66.7 Å². The van der Waals surface area contributed by atoms with Crippen LogP contribution in [0, 0.1) is 6.92 Å². The Morgan fingerprint density at radius 2 is 1.29 bits per heavy atom. The van der Waals surface area contributed by atoms with Crippen LogP contribution in [-0.4, -0.2) is 16.2 Å². The second kappa shape index (κ2) is 8.27. The highest BCUT2D eigenvalue weighted by Gasteiger charge is 2.08. The second-order valence-corrected chi connectivity index (χ2v) is 6.47.